The van der Waals surface area contributed by atoms with Gasteiger partial charge in [0.1, 0.15) is 0 Å². The Morgan fingerprint density at radius 3 is 2.53 bits per heavy atom. The van der Waals surface area contributed by atoms with Crippen molar-refractivity contribution >= 4 is 11.7 Å². The van der Waals surface area contributed by atoms with E-state index in [0.717, 1.165) is 37.2 Å². The highest BCUT2D eigenvalue weighted by molar-refractivity contribution is 5.72. The maximum atomic E-state index is 11.7. The molecular weight excluding hydrogens is 238 g/mol. The van der Waals surface area contributed by atoms with Crippen LogP contribution in [0.2, 0.25) is 0 Å². The number of benzene rings is 1. The Hall–Kier alpha value is -1.77. The van der Waals surface area contributed by atoms with E-state index in [1.165, 1.54) is 0 Å². The van der Waals surface area contributed by atoms with Gasteiger partial charge in [-0.05, 0) is 25.3 Å². The lowest BCUT2D eigenvalue weighted by atomic mass is 9.96. The number of piperidine rings is 1. The standard InChI is InChI=1S/C16H21NO2/c1-3-19-16(18)15-9-11-17(12-10-15)13(2)14-7-5-4-6-8-14/h4-8,15H,2-3,9-12H2,1H3. The number of nitrogens with zero attached hydrogens (tertiary/aromatic N) is 1. The second-order valence-corrected chi connectivity index (χ2v) is 4.83. The summed E-state index contributed by atoms with van der Waals surface area (Å²) in [4.78, 5) is 13.9. The molecule has 1 heterocycles. The molecule has 0 unspecified atom stereocenters. The van der Waals surface area contributed by atoms with Gasteiger partial charge in [0.05, 0.1) is 12.5 Å². The first-order valence-electron chi connectivity index (χ1n) is 6.88. The van der Waals surface area contributed by atoms with Crippen LogP contribution in [0.25, 0.3) is 5.70 Å². The minimum absolute atomic E-state index is 0.0486. The van der Waals surface area contributed by atoms with Crippen LogP contribution in [0.5, 0.6) is 0 Å². The third-order valence-electron chi connectivity index (χ3n) is 3.60. The molecule has 3 heteroatoms. The summed E-state index contributed by atoms with van der Waals surface area (Å²) in [5.74, 6) is 0.00671. The molecule has 0 saturated carbocycles. The normalized spacial score (nSPS) is 16.2. The van der Waals surface area contributed by atoms with Gasteiger partial charge in [-0.3, -0.25) is 4.79 Å². The predicted molar refractivity (Wildman–Crippen MR) is 76.4 cm³/mol. The molecule has 1 fully saturated rings. The van der Waals surface area contributed by atoms with Gasteiger partial charge in [0.2, 0.25) is 0 Å². The van der Waals surface area contributed by atoms with Crippen molar-refractivity contribution in [3.63, 3.8) is 0 Å². The van der Waals surface area contributed by atoms with Gasteiger partial charge in [-0.1, -0.05) is 36.9 Å². The highest BCUT2D eigenvalue weighted by Crippen LogP contribution is 2.25. The summed E-state index contributed by atoms with van der Waals surface area (Å²) in [6.45, 7) is 8.23. The van der Waals surface area contributed by atoms with Crippen molar-refractivity contribution < 1.29 is 9.53 Å². The van der Waals surface area contributed by atoms with E-state index in [-0.39, 0.29) is 11.9 Å². The Labute approximate surface area is 114 Å². The van der Waals surface area contributed by atoms with Crippen LogP contribution in [0.1, 0.15) is 25.3 Å². The Morgan fingerprint density at radius 2 is 1.95 bits per heavy atom. The van der Waals surface area contributed by atoms with E-state index in [0.29, 0.717) is 6.61 Å². The fraction of sp³-hybridized carbons (Fsp3) is 0.438. The molecule has 1 aromatic rings. The molecule has 102 valence electrons. The van der Waals surface area contributed by atoms with Crippen LogP contribution >= 0.6 is 0 Å². The van der Waals surface area contributed by atoms with Gasteiger partial charge in [0, 0.05) is 18.8 Å². The fourth-order valence-corrected chi connectivity index (χ4v) is 2.46. The number of esters is 1. The van der Waals surface area contributed by atoms with Crippen LogP contribution in [0, 0.1) is 5.92 Å². The van der Waals surface area contributed by atoms with Crippen LogP contribution in [0.4, 0.5) is 0 Å². The number of carbonyl (C=O) groups excluding carboxylic acids is 1. The SMILES string of the molecule is C=C(c1ccccc1)N1CCC(C(=O)OCC)CC1. The third-order valence-corrected chi connectivity index (χ3v) is 3.60. The third kappa shape index (κ3) is 3.37. The molecule has 2 rings (SSSR count). The van der Waals surface area contributed by atoms with Gasteiger partial charge in [0.25, 0.3) is 0 Å². The van der Waals surface area contributed by atoms with Crippen molar-refractivity contribution in [3.8, 4) is 0 Å². The van der Waals surface area contributed by atoms with Crippen LogP contribution in [-0.4, -0.2) is 30.6 Å². The van der Waals surface area contributed by atoms with E-state index >= 15 is 0 Å². The molecule has 1 saturated heterocycles. The highest BCUT2D eigenvalue weighted by atomic mass is 16.5. The van der Waals surface area contributed by atoms with E-state index in [1.807, 2.05) is 25.1 Å². The quantitative estimate of drug-likeness (QED) is 0.779. The summed E-state index contributed by atoms with van der Waals surface area (Å²) in [7, 11) is 0. The zero-order chi connectivity index (χ0) is 13.7. The van der Waals surface area contributed by atoms with Crippen LogP contribution in [0.15, 0.2) is 36.9 Å². The van der Waals surface area contributed by atoms with Crippen molar-refractivity contribution in [1.29, 1.82) is 0 Å². The Bertz CT molecular complexity index is 433. The van der Waals surface area contributed by atoms with Crippen molar-refractivity contribution in [1.82, 2.24) is 4.90 Å². The van der Waals surface area contributed by atoms with Gasteiger partial charge in [-0.2, -0.15) is 0 Å². The molecule has 0 aliphatic carbocycles. The molecule has 0 aromatic heterocycles. The molecule has 1 aliphatic rings. The molecule has 0 bridgehead atoms. The number of ether oxygens (including phenoxy) is 1. The largest absolute Gasteiger partial charge is 0.466 e. The van der Waals surface area contributed by atoms with E-state index in [9.17, 15) is 4.79 Å². The van der Waals surface area contributed by atoms with Gasteiger partial charge in [-0.15, -0.1) is 0 Å². The summed E-state index contributed by atoms with van der Waals surface area (Å²) in [5, 5.41) is 0. The molecule has 0 radical (unpaired) electrons. The molecule has 1 aliphatic heterocycles. The predicted octanol–water partition coefficient (Wildman–Crippen LogP) is 2.93. The summed E-state index contributed by atoms with van der Waals surface area (Å²) >= 11 is 0. The maximum absolute atomic E-state index is 11.7. The van der Waals surface area contributed by atoms with Crippen LogP contribution in [-0.2, 0) is 9.53 Å². The van der Waals surface area contributed by atoms with Gasteiger partial charge in [-0.25, -0.2) is 0 Å². The van der Waals surface area contributed by atoms with Crippen LogP contribution < -0.4 is 0 Å². The van der Waals surface area contributed by atoms with Gasteiger partial charge < -0.3 is 9.64 Å². The van der Waals surface area contributed by atoms with Crippen molar-refractivity contribution in [2.45, 2.75) is 19.8 Å². The van der Waals surface area contributed by atoms with E-state index in [2.05, 4.69) is 23.6 Å². The second-order valence-electron chi connectivity index (χ2n) is 4.83. The summed E-state index contributed by atoms with van der Waals surface area (Å²) in [6, 6.07) is 10.2. The minimum atomic E-state index is -0.0486. The Balaban J connectivity index is 1.90. The number of rotatable bonds is 4. The van der Waals surface area contributed by atoms with E-state index < -0.39 is 0 Å². The summed E-state index contributed by atoms with van der Waals surface area (Å²) < 4.78 is 5.08. The molecular formula is C16H21NO2. The molecule has 0 spiro atoms. The average molecular weight is 259 g/mol. The van der Waals surface area contributed by atoms with Crippen molar-refractivity contribution in [2.24, 2.45) is 5.92 Å². The molecule has 0 N–H and O–H groups in total. The lowest BCUT2D eigenvalue weighted by Gasteiger charge is -2.33. The highest BCUT2D eigenvalue weighted by Gasteiger charge is 2.26. The second kappa shape index (κ2) is 6.41. The smallest absolute Gasteiger partial charge is 0.309 e. The number of likely N-dealkylation sites (tertiary alicyclic amines) is 1. The van der Waals surface area contributed by atoms with Crippen molar-refractivity contribution in [3.05, 3.63) is 42.5 Å². The first-order chi connectivity index (χ1) is 9.22. The number of hydrogen-bond acceptors (Lipinski definition) is 3. The van der Waals surface area contributed by atoms with Gasteiger partial charge in [0.15, 0.2) is 0 Å². The lowest BCUT2D eigenvalue weighted by molar-refractivity contribution is -0.149. The van der Waals surface area contributed by atoms with Crippen molar-refractivity contribution in [2.75, 3.05) is 19.7 Å². The molecule has 0 amide bonds. The Kier molecular flexibility index (Phi) is 4.61. The first kappa shape index (κ1) is 13.7. The molecule has 19 heavy (non-hydrogen) atoms. The average Bonchev–Trinajstić information content (AvgIpc) is 2.48. The summed E-state index contributed by atoms with van der Waals surface area (Å²) in [6.07, 6.45) is 1.70. The molecule has 1 aromatic carbocycles. The van der Waals surface area contributed by atoms with Gasteiger partial charge >= 0.3 is 5.97 Å². The first-order valence-corrected chi connectivity index (χ1v) is 6.88. The Morgan fingerprint density at radius 1 is 1.32 bits per heavy atom. The lowest BCUT2D eigenvalue weighted by Crippen LogP contribution is -2.35. The number of hydrogen-bond donors (Lipinski definition) is 0. The summed E-state index contributed by atoms with van der Waals surface area (Å²) in [5.41, 5.74) is 2.19. The fourth-order valence-electron chi connectivity index (χ4n) is 2.46. The van der Waals surface area contributed by atoms with Crippen LogP contribution in [0.3, 0.4) is 0 Å². The number of carbonyl (C=O) groups is 1. The maximum Gasteiger partial charge on any atom is 0.309 e. The topological polar surface area (TPSA) is 29.5 Å². The zero-order valence-corrected chi connectivity index (χ0v) is 11.5. The van der Waals surface area contributed by atoms with E-state index in [4.69, 9.17) is 4.74 Å². The molecule has 0 atom stereocenters. The zero-order valence-electron chi connectivity index (χ0n) is 11.5. The minimum Gasteiger partial charge on any atom is -0.466 e. The molecule has 3 nitrogen and oxygen atoms in total. The monoisotopic (exact) mass is 259 g/mol. The van der Waals surface area contributed by atoms with E-state index in [1.54, 1.807) is 0 Å².